The molecule has 32 heavy (non-hydrogen) atoms. The number of ether oxygens (including phenoxy) is 1. The van der Waals surface area contributed by atoms with Gasteiger partial charge in [0.25, 0.3) is 0 Å². The van der Waals surface area contributed by atoms with E-state index in [0.717, 1.165) is 11.1 Å². The van der Waals surface area contributed by atoms with E-state index in [1.54, 1.807) is 31.2 Å². The largest absolute Gasteiger partial charge is 0.425 e. The molecule has 0 fully saturated rings. The smallest absolute Gasteiger partial charge is 0.336 e. The van der Waals surface area contributed by atoms with E-state index in [4.69, 9.17) is 9.15 Å². The van der Waals surface area contributed by atoms with E-state index < -0.39 is 27.7 Å². The molecule has 0 aliphatic rings. The van der Waals surface area contributed by atoms with E-state index in [0.29, 0.717) is 29.4 Å². The van der Waals surface area contributed by atoms with Gasteiger partial charge in [-0.25, -0.2) is 18.0 Å². The van der Waals surface area contributed by atoms with E-state index in [1.807, 2.05) is 20.8 Å². The molecule has 8 heteroatoms. The summed E-state index contributed by atoms with van der Waals surface area (Å²) in [7, 11) is -3.92. The minimum absolute atomic E-state index is 0.0769. The number of carbonyl (C=O) groups excluding carboxylic acids is 1. The molecule has 0 saturated heterocycles. The first kappa shape index (κ1) is 23.7. The van der Waals surface area contributed by atoms with Crippen LogP contribution in [0.1, 0.15) is 43.4 Å². The first-order chi connectivity index (χ1) is 15.1. The molecule has 1 N–H and O–H groups in total. The molecular weight excluding hydrogens is 430 g/mol. The minimum atomic E-state index is -3.92. The molecule has 2 aromatic carbocycles. The SMILES string of the molecule is CCC[C@H](NS(=O)(=O)c1ccc(C)cc1)C(=O)Oc1cc(C)cc2oc(=O)cc(CC)c12. The number of aryl methyl sites for hydroxylation is 3. The van der Waals surface area contributed by atoms with Gasteiger partial charge in [-0.2, -0.15) is 4.72 Å². The monoisotopic (exact) mass is 457 g/mol. The molecule has 0 aliphatic carbocycles. The zero-order chi connectivity index (χ0) is 23.5. The molecule has 1 heterocycles. The summed E-state index contributed by atoms with van der Waals surface area (Å²) >= 11 is 0. The fraction of sp³-hybridized carbons (Fsp3) is 0.333. The van der Waals surface area contributed by atoms with Crippen LogP contribution in [-0.2, 0) is 21.2 Å². The van der Waals surface area contributed by atoms with E-state index in [1.165, 1.54) is 18.2 Å². The molecule has 3 rings (SSSR count). The summed E-state index contributed by atoms with van der Waals surface area (Å²) in [5.74, 6) is -0.482. The summed E-state index contributed by atoms with van der Waals surface area (Å²) in [6.45, 7) is 7.39. The lowest BCUT2D eigenvalue weighted by Gasteiger charge is -2.18. The fourth-order valence-electron chi connectivity index (χ4n) is 3.50. The third-order valence-electron chi connectivity index (χ3n) is 5.12. The van der Waals surface area contributed by atoms with Crippen molar-refractivity contribution in [2.75, 3.05) is 0 Å². The Morgan fingerprint density at radius 2 is 1.75 bits per heavy atom. The quantitative estimate of drug-likeness (QED) is 0.311. The molecule has 1 aromatic heterocycles. The van der Waals surface area contributed by atoms with Crippen molar-refractivity contribution in [2.45, 2.75) is 57.9 Å². The first-order valence-corrected chi connectivity index (χ1v) is 12.0. The highest BCUT2D eigenvalue weighted by Crippen LogP contribution is 2.30. The predicted molar refractivity (Wildman–Crippen MR) is 122 cm³/mol. The molecule has 7 nitrogen and oxygen atoms in total. The number of hydrogen-bond acceptors (Lipinski definition) is 6. The Bertz CT molecular complexity index is 1290. The molecule has 0 unspecified atom stereocenters. The molecule has 0 aliphatic heterocycles. The lowest BCUT2D eigenvalue weighted by molar-refractivity contribution is -0.136. The maximum atomic E-state index is 13.0. The van der Waals surface area contributed by atoms with Gasteiger partial charge in [0.1, 0.15) is 17.4 Å². The van der Waals surface area contributed by atoms with E-state index >= 15 is 0 Å². The number of nitrogens with one attached hydrogen (secondary N) is 1. The highest BCUT2D eigenvalue weighted by molar-refractivity contribution is 7.89. The summed E-state index contributed by atoms with van der Waals surface area (Å²) in [6, 6.07) is 10.1. The van der Waals surface area contributed by atoms with Crippen LogP contribution in [0.5, 0.6) is 5.75 Å². The van der Waals surface area contributed by atoms with Gasteiger partial charge in [0.05, 0.1) is 10.3 Å². The van der Waals surface area contributed by atoms with Crippen LogP contribution < -0.4 is 15.1 Å². The summed E-state index contributed by atoms with van der Waals surface area (Å²) in [5.41, 5.74) is 2.20. The van der Waals surface area contributed by atoms with E-state index in [9.17, 15) is 18.0 Å². The molecule has 3 aromatic rings. The van der Waals surface area contributed by atoms with Crippen LogP contribution in [0.4, 0.5) is 0 Å². The molecule has 0 bridgehead atoms. The van der Waals surface area contributed by atoms with Crippen LogP contribution in [0.3, 0.4) is 0 Å². The average Bonchev–Trinajstić information content (AvgIpc) is 2.72. The van der Waals surface area contributed by atoms with E-state index in [-0.39, 0.29) is 17.1 Å². The van der Waals surface area contributed by atoms with Gasteiger partial charge >= 0.3 is 11.6 Å². The maximum absolute atomic E-state index is 13.0. The third kappa shape index (κ3) is 5.26. The number of carbonyl (C=O) groups is 1. The molecule has 1 atom stereocenters. The highest BCUT2D eigenvalue weighted by Gasteiger charge is 2.27. The average molecular weight is 458 g/mol. The van der Waals surface area contributed by atoms with Crippen LogP contribution >= 0.6 is 0 Å². The second-order valence-electron chi connectivity index (χ2n) is 7.78. The Morgan fingerprint density at radius 1 is 1.06 bits per heavy atom. The lowest BCUT2D eigenvalue weighted by Crippen LogP contribution is -2.42. The lowest BCUT2D eigenvalue weighted by atomic mass is 10.0. The second-order valence-corrected chi connectivity index (χ2v) is 9.49. The normalized spacial score (nSPS) is 12.6. The number of sulfonamides is 1. The van der Waals surface area contributed by atoms with Gasteiger partial charge in [0.15, 0.2) is 0 Å². The molecule has 0 radical (unpaired) electrons. The maximum Gasteiger partial charge on any atom is 0.336 e. The standard InChI is InChI=1S/C24H27NO6S/c1-5-7-19(25-32(28,29)18-10-8-15(3)9-11-18)24(27)31-21-13-16(4)12-20-23(21)17(6-2)14-22(26)30-20/h8-14,19,25H,5-7H2,1-4H3/t19-/m0/s1. The summed E-state index contributed by atoms with van der Waals surface area (Å²) in [5, 5.41) is 0.530. The minimum Gasteiger partial charge on any atom is -0.425 e. The summed E-state index contributed by atoms with van der Waals surface area (Å²) in [4.78, 5) is 25.0. The Hall–Kier alpha value is -2.97. The third-order valence-corrected chi connectivity index (χ3v) is 6.60. The first-order valence-electron chi connectivity index (χ1n) is 10.5. The predicted octanol–water partition coefficient (Wildman–Crippen LogP) is 4.02. The number of esters is 1. The highest BCUT2D eigenvalue weighted by atomic mass is 32.2. The number of hydrogen-bond donors (Lipinski definition) is 1. The summed E-state index contributed by atoms with van der Waals surface area (Å²) < 4.78 is 39.1. The Labute approximate surface area is 187 Å². The van der Waals surface area contributed by atoms with Gasteiger partial charge in [-0.05, 0) is 62.1 Å². The fourth-order valence-corrected chi connectivity index (χ4v) is 4.71. The molecule has 0 spiro atoms. The van der Waals surface area contributed by atoms with Gasteiger partial charge in [-0.1, -0.05) is 38.0 Å². The Kier molecular flexibility index (Phi) is 7.16. The van der Waals surface area contributed by atoms with Crippen molar-refractivity contribution in [3.8, 4) is 5.75 Å². The van der Waals surface area contributed by atoms with Crippen molar-refractivity contribution in [2.24, 2.45) is 0 Å². The van der Waals surface area contributed by atoms with Crippen molar-refractivity contribution in [1.29, 1.82) is 0 Å². The summed E-state index contributed by atoms with van der Waals surface area (Å²) in [6.07, 6.45) is 1.37. The zero-order valence-electron chi connectivity index (χ0n) is 18.6. The zero-order valence-corrected chi connectivity index (χ0v) is 19.4. The van der Waals surface area contributed by atoms with Gasteiger partial charge in [-0.15, -0.1) is 0 Å². The molecular formula is C24H27NO6S. The van der Waals surface area contributed by atoms with Crippen LogP contribution in [0.2, 0.25) is 0 Å². The Balaban J connectivity index is 1.95. The number of benzene rings is 2. The van der Waals surface area contributed by atoms with Crippen molar-refractivity contribution in [3.05, 3.63) is 69.6 Å². The number of rotatable bonds is 8. The van der Waals surface area contributed by atoms with Crippen LogP contribution in [0, 0.1) is 13.8 Å². The van der Waals surface area contributed by atoms with Crippen molar-refractivity contribution in [3.63, 3.8) is 0 Å². The van der Waals surface area contributed by atoms with Gasteiger partial charge in [-0.3, -0.25) is 0 Å². The Morgan fingerprint density at radius 3 is 2.38 bits per heavy atom. The van der Waals surface area contributed by atoms with Gasteiger partial charge in [0.2, 0.25) is 10.0 Å². The van der Waals surface area contributed by atoms with Crippen LogP contribution in [0.15, 0.2) is 56.6 Å². The van der Waals surface area contributed by atoms with Gasteiger partial charge < -0.3 is 9.15 Å². The van der Waals surface area contributed by atoms with Crippen molar-refractivity contribution in [1.82, 2.24) is 4.72 Å². The topological polar surface area (TPSA) is 103 Å². The molecule has 0 saturated carbocycles. The van der Waals surface area contributed by atoms with Crippen molar-refractivity contribution < 1.29 is 22.4 Å². The molecule has 170 valence electrons. The second kappa shape index (κ2) is 9.67. The number of fused-ring (bicyclic) bond motifs is 1. The molecule has 0 amide bonds. The van der Waals surface area contributed by atoms with Crippen LogP contribution in [0.25, 0.3) is 11.0 Å². The van der Waals surface area contributed by atoms with Crippen molar-refractivity contribution >= 4 is 27.0 Å². The van der Waals surface area contributed by atoms with Gasteiger partial charge in [0, 0.05) is 6.07 Å². The van der Waals surface area contributed by atoms with E-state index in [2.05, 4.69) is 4.72 Å². The van der Waals surface area contributed by atoms with Crippen LogP contribution in [-0.4, -0.2) is 20.4 Å².